The summed E-state index contributed by atoms with van der Waals surface area (Å²) in [6, 6.07) is 0. The van der Waals surface area contributed by atoms with Gasteiger partial charge in [0.15, 0.2) is 0 Å². The van der Waals surface area contributed by atoms with Gasteiger partial charge in [-0.3, -0.25) is 5.10 Å². The average molecular weight is 136 g/mol. The Kier molecular flexibility index (Phi) is 1.01. The molecule has 0 fully saturated rings. The first-order valence-electron chi connectivity index (χ1n) is 3.55. The van der Waals surface area contributed by atoms with Crippen molar-refractivity contribution in [3.63, 3.8) is 0 Å². The Hall–Kier alpha value is -0.990. The van der Waals surface area contributed by atoms with Crippen LogP contribution in [0, 0.1) is 0 Å². The zero-order valence-corrected chi connectivity index (χ0v) is 6.02. The number of nitrogens with one attached hydrogen (secondary N) is 1. The number of hydrogen-bond acceptors (Lipinski definition) is 1. The van der Waals surface area contributed by atoms with Crippen molar-refractivity contribution in [2.75, 3.05) is 0 Å². The second-order valence-electron chi connectivity index (χ2n) is 2.75. The lowest BCUT2D eigenvalue weighted by Crippen LogP contribution is -1.90. The molecule has 0 aromatic carbocycles. The minimum absolute atomic E-state index is 0.604. The first-order chi connectivity index (χ1) is 4.79. The zero-order chi connectivity index (χ0) is 7.14. The Morgan fingerprint density at radius 2 is 2.30 bits per heavy atom. The Bertz CT molecular complexity index is 262. The van der Waals surface area contributed by atoms with Gasteiger partial charge < -0.3 is 10.4 Å². The molecular formula is C7H10N3-. The molecule has 54 valence electrons. The van der Waals surface area contributed by atoms with Gasteiger partial charge in [0.2, 0.25) is 0 Å². The molecule has 0 saturated carbocycles. The summed E-state index contributed by atoms with van der Waals surface area (Å²) in [5.74, 6) is 0.604. The molecule has 0 aliphatic heterocycles. The van der Waals surface area contributed by atoms with E-state index >= 15 is 0 Å². The van der Waals surface area contributed by atoms with Crippen molar-refractivity contribution in [2.24, 2.45) is 7.05 Å². The Balaban J connectivity index is 2.59. The van der Waals surface area contributed by atoms with Crippen LogP contribution in [-0.2, 0) is 19.9 Å². The highest BCUT2D eigenvalue weighted by atomic mass is 15.3. The fourth-order valence-electron chi connectivity index (χ4n) is 1.52. The maximum atomic E-state index is 7.56. The van der Waals surface area contributed by atoms with Crippen LogP contribution in [0.25, 0.3) is 5.73 Å². The Morgan fingerprint density at radius 3 is 3.00 bits per heavy atom. The van der Waals surface area contributed by atoms with Gasteiger partial charge in [0.25, 0.3) is 0 Å². The molecule has 1 aromatic rings. The lowest BCUT2D eigenvalue weighted by molar-refractivity contribution is 0.741. The molecular weight excluding hydrogens is 126 g/mol. The number of hydrogen-bond donors (Lipinski definition) is 0. The summed E-state index contributed by atoms with van der Waals surface area (Å²) >= 11 is 0. The predicted octanol–water partition coefficient (Wildman–Crippen LogP) is 1.59. The molecule has 0 radical (unpaired) electrons. The second kappa shape index (κ2) is 1.75. The molecule has 1 aromatic heterocycles. The number of aryl methyl sites for hydroxylation is 2. The van der Waals surface area contributed by atoms with Crippen LogP contribution in [0.4, 0.5) is 5.82 Å². The first-order valence-corrected chi connectivity index (χ1v) is 3.55. The molecule has 1 N–H and O–H groups in total. The maximum absolute atomic E-state index is 7.56. The summed E-state index contributed by atoms with van der Waals surface area (Å²) in [4.78, 5) is 0. The van der Waals surface area contributed by atoms with Crippen LogP contribution in [0.5, 0.6) is 0 Å². The normalized spacial score (nSPS) is 15.7. The van der Waals surface area contributed by atoms with Gasteiger partial charge >= 0.3 is 0 Å². The summed E-state index contributed by atoms with van der Waals surface area (Å²) in [7, 11) is 1.83. The minimum Gasteiger partial charge on any atom is -0.481 e. The first kappa shape index (κ1) is 5.77. The molecule has 0 bridgehead atoms. The quantitative estimate of drug-likeness (QED) is 0.534. The molecule has 0 amide bonds. The van der Waals surface area contributed by atoms with E-state index in [4.69, 9.17) is 5.73 Å². The third-order valence-corrected chi connectivity index (χ3v) is 2.07. The third-order valence-electron chi connectivity index (χ3n) is 2.07. The van der Waals surface area contributed by atoms with E-state index in [1.54, 1.807) is 4.68 Å². The minimum atomic E-state index is 0.604. The van der Waals surface area contributed by atoms with Gasteiger partial charge in [-0.05, 0) is 37.7 Å². The highest BCUT2D eigenvalue weighted by molar-refractivity contribution is 5.49. The van der Waals surface area contributed by atoms with Crippen LogP contribution in [0.15, 0.2) is 0 Å². The molecule has 3 nitrogen and oxygen atoms in total. The molecule has 1 heterocycles. The standard InChI is InChI=1S/C7H10N3/c1-10-7(8)5-3-2-4-6(5)9-10/h8H,2-4H2,1H3/q-1. The molecule has 1 aliphatic rings. The van der Waals surface area contributed by atoms with Crippen molar-refractivity contribution in [3.05, 3.63) is 17.0 Å². The van der Waals surface area contributed by atoms with Crippen molar-refractivity contribution < 1.29 is 0 Å². The number of aromatic nitrogens is 2. The summed E-state index contributed by atoms with van der Waals surface area (Å²) in [6.45, 7) is 0. The number of fused-ring (bicyclic) bond motifs is 1. The van der Waals surface area contributed by atoms with E-state index in [1.165, 1.54) is 12.0 Å². The van der Waals surface area contributed by atoms with Gasteiger partial charge in [0.1, 0.15) is 0 Å². The van der Waals surface area contributed by atoms with Crippen molar-refractivity contribution in [1.82, 2.24) is 9.78 Å². The van der Waals surface area contributed by atoms with E-state index < -0.39 is 0 Å². The van der Waals surface area contributed by atoms with Crippen LogP contribution in [-0.4, -0.2) is 9.78 Å². The molecule has 0 unspecified atom stereocenters. The van der Waals surface area contributed by atoms with Crippen molar-refractivity contribution in [3.8, 4) is 0 Å². The van der Waals surface area contributed by atoms with E-state index in [0.29, 0.717) is 5.82 Å². The SMILES string of the molecule is Cn1nc2c(c1[NH-])CCC2. The maximum Gasteiger partial charge on any atom is 0.0426 e. The lowest BCUT2D eigenvalue weighted by atomic mass is 10.3. The monoisotopic (exact) mass is 136 g/mol. The summed E-state index contributed by atoms with van der Waals surface area (Å²) in [5, 5.41) is 4.22. The van der Waals surface area contributed by atoms with Crippen LogP contribution >= 0.6 is 0 Å². The fraction of sp³-hybridized carbons (Fsp3) is 0.571. The smallest absolute Gasteiger partial charge is 0.0426 e. The van der Waals surface area contributed by atoms with Crippen molar-refractivity contribution >= 4 is 5.82 Å². The van der Waals surface area contributed by atoms with Crippen molar-refractivity contribution in [1.29, 1.82) is 0 Å². The van der Waals surface area contributed by atoms with Gasteiger partial charge in [-0.25, -0.2) is 0 Å². The van der Waals surface area contributed by atoms with Crippen LogP contribution in [0.2, 0.25) is 0 Å². The van der Waals surface area contributed by atoms with E-state index in [0.717, 1.165) is 18.5 Å². The van der Waals surface area contributed by atoms with Crippen LogP contribution < -0.4 is 0 Å². The fourth-order valence-corrected chi connectivity index (χ4v) is 1.52. The van der Waals surface area contributed by atoms with E-state index in [-0.39, 0.29) is 0 Å². The largest absolute Gasteiger partial charge is 0.481 e. The van der Waals surface area contributed by atoms with Crippen LogP contribution in [0.3, 0.4) is 0 Å². The van der Waals surface area contributed by atoms with Gasteiger partial charge in [-0.2, -0.15) is 0 Å². The summed E-state index contributed by atoms with van der Waals surface area (Å²) < 4.78 is 1.66. The molecule has 3 heteroatoms. The molecule has 0 spiro atoms. The topological polar surface area (TPSA) is 41.6 Å². The van der Waals surface area contributed by atoms with Crippen LogP contribution in [0.1, 0.15) is 17.7 Å². The number of nitrogens with zero attached hydrogens (tertiary/aromatic N) is 2. The van der Waals surface area contributed by atoms with Gasteiger partial charge in [0.05, 0.1) is 0 Å². The zero-order valence-electron chi connectivity index (χ0n) is 6.02. The molecule has 0 saturated heterocycles. The molecule has 10 heavy (non-hydrogen) atoms. The van der Waals surface area contributed by atoms with Gasteiger partial charge in [-0.1, -0.05) is 0 Å². The second-order valence-corrected chi connectivity index (χ2v) is 2.75. The molecule has 0 atom stereocenters. The third kappa shape index (κ3) is 0.574. The average Bonchev–Trinajstić information content (AvgIpc) is 2.41. The predicted molar refractivity (Wildman–Crippen MR) is 39.2 cm³/mol. The Morgan fingerprint density at radius 1 is 1.50 bits per heavy atom. The highest BCUT2D eigenvalue weighted by Gasteiger charge is 2.13. The van der Waals surface area contributed by atoms with Gasteiger partial charge in [-0.15, -0.1) is 0 Å². The summed E-state index contributed by atoms with van der Waals surface area (Å²) in [5.41, 5.74) is 9.87. The van der Waals surface area contributed by atoms with Crippen molar-refractivity contribution in [2.45, 2.75) is 19.3 Å². The molecule has 2 rings (SSSR count). The summed E-state index contributed by atoms with van der Waals surface area (Å²) in [6.07, 6.45) is 3.31. The van der Waals surface area contributed by atoms with Gasteiger partial charge in [0, 0.05) is 5.69 Å². The Labute approximate surface area is 59.8 Å². The molecule has 1 aliphatic carbocycles. The van der Waals surface area contributed by atoms with E-state index in [9.17, 15) is 0 Å². The number of rotatable bonds is 0. The van der Waals surface area contributed by atoms with E-state index in [2.05, 4.69) is 5.10 Å². The lowest BCUT2D eigenvalue weighted by Gasteiger charge is -2.04. The highest BCUT2D eigenvalue weighted by Crippen LogP contribution is 2.28. The van der Waals surface area contributed by atoms with E-state index in [1.807, 2.05) is 7.05 Å².